The van der Waals surface area contributed by atoms with Crippen LogP contribution in [0, 0.1) is 18.3 Å². The Labute approximate surface area is 204 Å². The van der Waals surface area contributed by atoms with Gasteiger partial charge in [0, 0.05) is 26.2 Å². The molecule has 1 heterocycles. The van der Waals surface area contributed by atoms with Crippen molar-refractivity contribution < 1.29 is 14.2 Å². The van der Waals surface area contributed by atoms with E-state index >= 15 is 0 Å². The molecule has 8 heteroatoms. The summed E-state index contributed by atoms with van der Waals surface area (Å²) >= 11 is 0. The summed E-state index contributed by atoms with van der Waals surface area (Å²) in [4.78, 5) is 23.8. The highest BCUT2D eigenvalue weighted by molar-refractivity contribution is 5.82. The van der Waals surface area contributed by atoms with Crippen molar-refractivity contribution in [1.82, 2.24) is 9.55 Å². The lowest BCUT2D eigenvalue weighted by molar-refractivity contribution is 0.201. The summed E-state index contributed by atoms with van der Waals surface area (Å²) in [6.07, 6.45) is 4.77. The molecule has 0 saturated heterocycles. The highest BCUT2D eigenvalue weighted by Crippen LogP contribution is 2.33. The molecule has 7 nitrogen and oxygen atoms in total. The first kappa shape index (κ1) is 24.4. The number of hydrogen-bond acceptors (Lipinski definition) is 5. The van der Waals surface area contributed by atoms with E-state index in [-0.39, 0.29) is 24.5 Å². The Balaban J connectivity index is 1.84. The largest absolute Gasteiger partial charge is 0.491 e. The van der Waals surface area contributed by atoms with E-state index in [1.165, 1.54) is 29.5 Å². The summed E-state index contributed by atoms with van der Waals surface area (Å²) in [5, 5.41) is 8.98. The molecule has 0 atom stereocenters. The number of nitrogens with zero attached hydrogens (tertiary/aromatic N) is 4. The molecule has 1 fully saturated rings. The number of aromatic nitrogens is 2. The Morgan fingerprint density at radius 2 is 1.89 bits per heavy atom. The zero-order chi connectivity index (χ0) is 24.9. The molecule has 1 aliphatic rings. The predicted molar refractivity (Wildman–Crippen MR) is 134 cm³/mol. The Bertz CT molecular complexity index is 1290. The van der Waals surface area contributed by atoms with Crippen molar-refractivity contribution in [3.63, 3.8) is 0 Å². The van der Waals surface area contributed by atoms with Crippen LogP contribution in [0.25, 0.3) is 27.2 Å². The smallest absolute Gasteiger partial charge is 0.263 e. The molecule has 1 saturated carbocycles. The fourth-order valence-electron chi connectivity index (χ4n) is 4.69. The molecule has 0 spiro atoms. The molecule has 0 bridgehead atoms. The standard InChI is InChI=1S/C27H29FN4O3/c1-29-23-13-10-20(16-22(23)28)25-24(19-8-11-21(12-9-19)35-15-14-33)26(34)32(3)27(30-25)31(2)17-18-6-4-5-7-18/h8-13,16,18,33H,4-7,14-15,17H2,2-3H3. The summed E-state index contributed by atoms with van der Waals surface area (Å²) < 4.78 is 21.6. The number of hydrogen-bond donors (Lipinski definition) is 1. The van der Waals surface area contributed by atoms with Crippen LogP contribution in [0.5, 0.6) is 5.75 Å². The average molecular weight is 477 g/mol. The molecule has 35 heavy (non-hydrogen) atoms. The van der Waals surface area contributed by atoms with E-state index in [2.05, 4.69) is 4.85 Å². The minimum atomic E-state index is -0.653. The van der Waals surface area contributed by atoms with E-state index in [0.717, 1.165) is 19.4 Å². The SMILES string of the molecule is [C-]#[N+]c1ccc(-c2nc(N(C)CC3CCCC3)n(C)c(=O)c2-c2ccc(OCCO)cc2)cc1F. The second kappa shape index (κ2) is 10.7. The monoisotopic (exact) mass is 476 g/mol. The van der Waals surface area contributed by atoms with Gasteiger partial charge in [0.05, 0.1) is 24.4 Å². The first-order valence-electron chi connectivity index (χ1n) is 11.8. The van der Waals surface area contributed by atoms with E-state index in [9.17, 15) is 9.18 Å². The third-order valence-electron chi connectivity index (χ3n) is 6.46. The van der Waals surface area contributed by atoms with Crippen molar-refractivity contribution in [2.45, 2.75) is 25.7 Å². The zero-order valence-electron chi connectivity index (χ0n) is 20.0. The maximum atomic E-state index is 14.6. The Morgan fingerprint density at radius 3 is 2.51 bits per heavy atom. The molecule has 182 valence electrons. The topological polar surface area (TPSA) is 72.0 Å². The fourth-order valence-corrected chi connectivity index (χ4v) is 4.69. The molecule has 4 rings (SSSR count). The van der Waals surface area contributed by atoms with Gasteiger partial charge in [-0.15, -0.1) is 0 Å². The van der Waals surface area contributed by atoms with Gasteiger partial charge in [0.1, 0.15) is 18.2 Å². The van der Waals surface area contributed by atoms with Crippen LogP contribution < -0.4 is 15.2 Å². The van der Waals surface area contributed by atoms with Gasteiger partial charge in [0.25, 0.3) is 5.56 Å². The maximum Gasteiger partial charge on any atom is 0.263 e. The number of aliphatic hydroxyl groups is 1. The van der Waals surface area contributed by atoms with Crippen LogP contribution in [0.2, 0.25) is 0 Å². The molecule has 1 N–H and O–H groups in total. The van der Waals surface area contributed by atoms with Gasteiger partial charge in [0.2, 0.25) is 11.6 Å². The van der Waals surface area contributed by atoms with Crippen LogP contribution in [0.1, 0.15) is 25.7 Å². The quantitative estimate of drug-likeness (QED) is 0.473. The maximum absolute atomic E-state index is 14.6. The molecule has 3 aromatic rings. The van der Waals surface area contributed by atoms with Gasteiger partial charge in [-0.25, -0.2) is 14.2 Å². The normalized spacial score (nSPS) is 13.6. The molecular weight excluding hydrogens is 447 g/mol. The van der Waals surface area contributed by atoms with Crippen molar-refractivity contribution in [3.05, 3.63) is 70.1 Å². The first-order valence-corrected chi connectivity index (χ1v) is 11.8. The Morgan fingerprint density at radius 1 is 1.20 bits per heavy atom. The van der Waals surface area contributed by atoms with Crippen LogP contribution in [-0.2, 0) is 7.05 Å². The highest BCUT2D eigenvalue weighted by Gasteiger charge is 2.23. The Hall–Kier alpha value is -3.70. The summed E-state index contributed by atoms with van der Waals surface area (Å²) in [7, 11) is 3.63. The van der Waals surface area contributed by atoms with Crippen molar-refractivity contribution >= 4 is 11.6 Å². The van der Waals surface area contributed by atoms with Crippen LogP contribution in [0.15, 0.2) is 47.3 Å². The second-order valence-electron chi connectivity index (χ2n) is 8.91. The minimum Gasteiger partial charge on any atom is -0.491 e. The van der Waals surface area contributed by atoms with Crippen molar-refractivity contribution in [2.24, 2.45) is 13.0 Å². The fraction of sp³-hybridized carbons (Fsp3) is 0.370. The van der Waals surface area contributed by atoms with Crippen molar-refractivity contribution in [2.75, 3.05) is 31.7 Å². The van der Waals surface area contributed by atoms with Gasteiger partial charge in [-0.2, -0.15) is 0 Å². The van der Waals surface area contributed by atoms with Crippen molar-refractivity contribution in [3.8, 4) is 28.1 Å². The van der Waals surface area contributed by atoms with E-state index in [4.69, 9.17) is 21.4 Å². The number of aliphatic hydroxyl groups excluding tert-OH is 1. The molecule has 0 aliphatic heterocycles. The number of anilines is 1. The summed E-state index contributed by atoms with van der Waals surface area (Å²) in [5.41, 5.74) is 1.42. The lowest BCUT2D eigenvalue weighted by Crippen LogP contribution is -2.33. The molecule has 2 aromatic carbocycles. The molecule has 1 aromatic heterocycles. The third kappa shape index (κ3) is 5.20. The van der Waals surface area contributed by atoms with E-state index < -0.39 is 5.82 Å². The molecule has 0 unspecified atom stereocenters. The number of ether oxygens (including phenoxy) is 1. The Kier molecular flexibility index (Phi) is 7.47. The molecular formula is C27H29FN4O3. The third-order valence-corrected chi connectivity index (χ3v) is 6.46. The first-order chi connectivity index (χ1) is 16.9. The van der Waals surface area contributed by atoms with Gasteiger partial charge in [0.15, 0.2) is 0 Å². The van der Waals surface area contributed by atoms with Crippen LogP contribution in [-0.4, -0.2) is 41.5 Å². The van der Waals surface area contributed by atoms with E-state index in [1.807, 2.05) is 11.9 Å². The second-order valence-corrected chi connectivity index (χ2v) is 8.91. The van der Waals surface area contributed by atoms with Crippen LogP contribution >= 0.6 is 0 Å². The van der Waals surface area contributed by atoms with Crippen molar-refractivity contribution in [1.29, 1.82) is 0 Å². The van der Waals surface area contributed by atoms with Crippen LogP contribution in [0.3, 0.4) is 0 Å². The number of rotatable bonds is 8. The van der Waals surface area contributed by atoms with Gasteiger partial charge in [-0.3, -0.25) is 9.36 Å². The summed E-state index contributed by atoms with van der Waals surface area (Å²) in [5.74, 6) is 0.981. The molecule has 1 aliphatic carbocycles. The highest BCUT2D eigenvalue weighted by atomic mass is 19.1. The lowest BCUT2D eigenvalue weighted by Gasteiger charge is -2.25. The number of benzene rings is 2. The lowest BCUT2D eigenvalue weighted by atomic mass is 9.99. The van der Waals surface area contributed by atoms with E-state index in [0.29, 0.717) is 40.0 Å². The van der Waals surface area contributed by atoms with E-state index in [1.54, 1.807) is 37.4 Å². The summed E-state index contributed by atoms with van der Waals surface area (Å²) in [6, 6.07) is 11.2. The molecule has 0 amide bonds. The van der Waals surface area contributed by atoms with Gasteiger partial charge in [-0.05, 0) is 42.5 Å². The number of halogens is 1. The minimum absolute atomic E-state index is 0.0805. The van der Waals surface area contributed by atoms with Crippen LogP contribution in [0.4, 0.5) is 16.0 Å². The predicted octanol–water partition coefficient (Wildman–Crippen LogP) is 4.80. The van der Waals surface area contributed by atoms with Gasteiger partial charge in [-0.1, -0.05) is 37.1 Å². The van der Waals surface area contributed by atoms with Gasteiger partial charge < -0.3 is 14.7 Å². The molecule has 0 radical (unpaired) electrons. The summed E-state index contributed by atoms with van der Waals surface area (Å²) in [6.45, 7) is 8.01. The van der Waals surface area contributed by atoms with Gasteiger partial charge >= 0.3 is 0 Å². The average Bonchev–Trinajstić information content (AvgIpc) is 3.37. The zero-order valence-corrected chi connectivity index (χ0v) is 20.0.